The van der Waals surface area contributed by atoms with Crippen LogP contribution < -0.4 is 20.5 Å². The molecule has 1 fully saturated rings. The van der Waals surface area contributed by atoms with E-state index in [0.29, 0.717) is 22.7 Å². The summed E-state index contributed by atoms with van der Waals surface area (Å²) in [5.74, 6) is -0.908. The van der Waals surface area contributed by atoms with Gasteiger partial charge in [0.25, 0.3) is 17.7 Å². The van der Waals surface area contributed by atoms with Gasteiger partial charge in [-0.3, -0.25) is 19.8 Å². The standard InChI is InChI=1S/C24H19N3O4/c28-22(25-18-10-3-1-4-11-18)16-31-21-14-8-7-9-17(21)15-20-23(29)26-27(24(20)30)19-12-5-2-6-13-19/h1-15H,16H2,(H,25,28)(H,26,29). The number of hydrogen-bond donors (Lipinski definition) is 2. The number of hydrogen-bond acceptors (Lipinski definition) is 4. The highest BCUT2D eigenvalue weighted by atomic mass is 16.5. The number of hydrazine groups is 1. The molecule has 3 aromatic rings. The van der Waals surface area contributed by atoms with Crippen molar-refractivity contribution in [3.63, 3.8) is 0 Å². The molecule has 0 spiro atoms. The molecule has 1 aliphatic rings. The summed E-state index contributed by atoms with van der Waals surface area (Å²) in [7, 11) is 0. The normalized spacial score (nSPS) is 14.5. The zero-order valence-corrected chi connectivity index (χ0v) is 16.4. The first kappa shape index (κ1) is 19.9. The van der Waals surface area contributed by atoms with E-state index in [1.807, 2.05) is 24.3 Å². The van der Waals surface area contributed by atoms with Gasteiger partial charge in [-0.25, -0.2) is 5.01 Å². The van der Waals surface area contributed by atoms with Gasteiger partial charge in [-0.2, -0.15) is 0 Å². The number of benzene rings is 3. The molecule has 0 radical (unpaired) electrons. The molecule has 3 aromatic carbocycles. The highest BCUT2D eigenvalue weighted by Crippen LogP contribution is 2.25. The van der Waals surface area contributed by atoms with Gasteiger partial charge in [-0.05, 0) is 36.4 Å². The second-order valence-electron chi connectivity index (χ2n) is 6.72. The van der Waals surface area contributed by atoms with E-state index in [-0.39, 0.29) is 18.1 Å². The molecular formula is C24H19N3O4. The van der Waals surface area contributed by atoms with Gasteiger partial charge in [0.2, 0.25) is 0 Å². The Balaban J connectivity index is 1.49. The fourth-order valence-electron chi connectivity index (χ4n) is 3.06. The number of anilines is 2. The predicted molar refractivity (Wildman–Crippen MR) is 117 cm³/mol. The molecule has 0 bridgehead atoms. The van der Waals surface area contributed by atoms with Gasteiger partial charge in [0.15, 0.2) is 6.61 Å². The Morgan fingerprint density at radius 2 is 1.55 bits per heavy atom. The van der Waals surface area contributed by atoms with Crippen molar-refractivity contribution in [2.45, 2.75) is 0 Å². The van der Waals surface area contributed by atoms with Crippen molar-refractivity contribution >= 4 is 35.2 Å². The van der Waals surface area contributed by atoms with Gasteiger partial charge >= 0.3 is 0 Å². The van der Waals surface area contributed by atoms with E-state index in [9.17, 15) is 14.4 Å². The van der Waals surface area contributed by atoms with Crippen LogP contribution in [0.3, 0.4) is 0 Å². The lowest BCUT2D eigenvalue weighted by Crippen LogP contribution is -2.35. The fourth-order valence-corrected chi connectivity index (χ4v) is 3.06. The van der Waals surface area contributed by atoms with E-state index >= 15 is 0 Å². The zero-order valence-electron chi connectivity index (χ0n) is 16.4. The number of carbonyl (C=O) groups excluding carboxylic acids is 3. The minimum atomic E-state index is -0.509. The largest absolute Gasteiger partial charge is 0.483 e. The molecule has 0 saturated carbocycles. The average molecular weight is 413 g/mol. The van der Waals surface area contributed by atoms with Gasteiger partial charge in [0.05, 0.1) is 5.69 Å². The maximum absolute atomic E-state index is 12.8. The Morgan fingerprint density at radius 1 is 0.903 bits per heavy atom. The molecule has 1 aliphatic heterocycles. The van der Waals surface area contributed by atoms with Crippen molar-refractivity contribution in [1.29, 1.82) is 0 Å². The first-order chi connectivity index (χ1) is 15.1. The summed E-state index contributed by atoms with van der Waals surface area (Å²) < 4.78 is 5.65. The van der Waals surface area contributed by atoms with Crippen molar-refractivity contribution in [3.05, 3.63) is 96.1 Å². The smallest absolute Gasteiger partial charge is 0.282 e. The molecule has 0 atom stereocenters. The minimum absolute atomic E-state index is 0.0198. The molecule has 2 N–H and O–H groups in total. The van der Waals surface area contributed by atoms with Crippen molar-refractivity contribution in [2.24, 2.45) is 0 Å². The van der Waals surface area contributed by atoms with E-state index in [0.717, 1.165) is 0 Å². The van der Waals surface area contributed by atoms with Gasteiger partial charge in [-0.1, -0.05) is 54.6 Å². The second kappa shape index (κ2) is 8.96. The zero-order chi connectivity index (χ0) is 21.6. The van der Waals surface area contributed by atoms with E-state index in [4.69, 9.17) is 4.74 Å². The maximum Gasteiger partial charge on any atom is 0.282 e. The van der Waals surface area contributed by atoms with Crippen LogP contribution in [-0.4, -0.2) is 24.3 Å². The Hall–Kier alpha value is -4.39. The lowest BCUT2D eigenvalue weighted by molar-refractivity contribution is -0.118. The molecule has 0 unspecified atom stereocenters. The highest BCUT2D eigenvalue weighted by Gasteiger charge is 2.34. The summed E-state index contributed by atoms with van der Waals surface area (Å²) in [6, 6.07) is 24.8. The number of para-hydroxylation sites is 3. The molecule has 1 saturated heterocycles. The van der Waals surface area contributed by atoms with Gasteiger partial charge < -0.3 is 10.1 Å². The van der Waals surface area contributed by atoms with Gasteiger partial charge in [0.1, 0.15) is 11.3 Å². The SMILES string of the molecule is O=C(COc1ccccc1C=C1C(=O)NN(c2ccccc2)C1=O)Nc1ccccc1. The molecule has 0 aromatic heterocycles. The highest BCUT2D eigenvalue weighted by molar-refractivity contribution is 6.31. The van der Waals surface area contributed by atoms with E-state index in [1.165, 1.54) is 11.1 Å². The molecule has 1 heterocycles. The topological polar surface area (TPSA) is 87.7 Å². The summed E-state index contributed by atoms with van der Waals surface area (Å²) in [6.07, 6.45) is 1.46. The maximum atomic E-state index is 12.8. The molecule has 7 nitrogen and oxygen atoms in total. The number of amides is 3. The van der Waals surface area contributed by atoms with Crippen LogP contribution in [0.2, 0.25) is 0 Å². The Bertz CT molecular complexity index is 1140. The lowest BCUT2D eigenvalue weighted by Gasteiger charge is -2.14. The van der Waals surface area contributed by atoms with E-state index in [2.05, 4.69) is 10.7 Å². The molecule has 7 heteroatoms. The summed E-state index contributed by atoms with van der Waals surface area (Å²) in [4.78, 5) is 37.3. The quantitative estimate of drug-likeness (QED) is 0.480. The van der Waals surface area contributed by atoms with Crippen LogP contribution in [0.4, 0.5) is 11.4 Å². The van der Waals surface area contributed by atoms with Crippen LogP contribution >= 0.6 is 0 Å². The summed E-state index contributed by atoms with van der Waals surface area (Å²) in [5, 5.41) is 3.94. The Kier molecular flexibility index (Phi) is 5.75. The van der Waals surface area contributed by atoms with E-state index < -0.39 is 11.8 Å². The Labute approximate surface area is 178 Å². The van der Waals surface area contributed by atoms with Crippen molar-refractivity contribution in [1.82, 2.24) is 5.43 Å². The van der Waals surface area contributed by atoms with Crippen molar-refractivity contribution in [3.8, 4) is 5.75 Å². The summed E-state index contributed by atoms with van der Waals surface area (Å²) >= 11 is 0. The summed E-state index contributed by atoms with van der Waals surface area (Å²) in [6.45, 7) is -0.217. The fraction of sp³-hybridized carbons (Fsp3) is 0.0417. The molecule has 154 valence electrons. The van der Waals surface area contributed by atoms with Gasteiger partial charge in [0, 0.05) is 11.3 Å². The first-order valence-corrected chi connectivity index (χ1v) is 9.61. The molecule has 4 rings (SSSR count). The van der Waals surface area contributed by atoms with Crippen LogP contribution in [0.5, 0.6) is 5.75 Å². The van der Waals surface area contributed by atoms with Crippen LogP contribution in [-0.2, 0) is 14.4 Å². The van der Waals surface area contributed by atoms with Crippen LogP contribution in [0, 0.1) is 0 Å². The third-order valence-electron chi connectivity index (χ3n) is 4.54. The van der Waals surface area contributed by atoms with Gasteiger partial charge in [-0.15, -0.1) is 0 Å². The second-order valence-corrected chi connectivity index (χ2v) is 6.72. The number of nitrogens with one attached hydrogen (secondary N) is 2. The number of carbonyl (C=O) groups is 3. The lowest BCUT2D eigenvalue weighted by atomic mass is 10.1. The monoisotopic (exact) mass is 413 g/mol. The molecule has 0 aliphatic carbocycles. The number of rotatable bonds is 6. The third kappa shape index (κ3) is 4.62. The van der Waals surface area contributed by atoms with Crippen molar-refractivity contribution in [2.75, 3.05) is 16.9 Å². The first-order valence-electron chi connectivity index (χ1n) is 9.61. The van der Waals surface area contributed by atoms with Crippen LogP contribution in [0.15, 0.2) is 90.5 Å². The molecular weight excluding hydrogens is 394 g/mol. The Morgan fingerprint density at radius 3 is 2.29 bits per heavy atom. The predicted octanol–water partition coefficient (Wildman–Crippen LogP) is 3.17. The number of ether oxygens (including phenoxy) is 1. The minimum Gasteiger partial charge on any atom is -0.483 e. The van der Waals surface area contributed by atoms with E-state index in [1.54, 1.807) is 60.7 Å². The average Bonchev–Trinajstić information content (AvgIpc) is 3.08. The molecule has 3 amide bonds. The number of nitrogens with zero attached hydrogens (tertiary/aromatic N) is 1. The third-order valence-corrected chi connectivity index (χ3v) is 4.54. The van der Waals surface area contributed by atoms with Crippen LogP contribution in [0.25, 0.3) is 6.08 Å². The van der Waals surface area contributed by atoms with Crippen LogP contribution in [0.1, 0.15) is 5.56 Å². The summed E-state index contributed by atoms with van der Waals surface area (Å²) in [5.41, 5.74) is 4.28. The van der Waals surface area contributed by atoms with Crippen molar-refractivity contribution < 1.29 is 19.1 Å². The molecule has 31 heavy (non-hydrogen) atoms.